The maximum Gasteiger partial charge on any atom is 0.297 e. The molecule has 6 unspecified atom stereocenters. The van der Waals surface area contributed by atoms with E-state index in [-0.39, 0.29) is 89.8 Å². The van der Waals surface area contributed by atoms with Crippen LogP contribution >= 0.6 is 10.7 Å². The molecule has 9 aliphatic rings. The number of nitrogens with zero attached hydrogens (tertiary/aromatic N) is 23. The quantitative estimate of drug-likeness (QED) is 0.0496. The Morgan fingerprint density at radius 3 is 0.917 bits per heavy atom. The van der Waals surface area contributed by atoms with Crippen LogP contribution in [0.3, 0.4) is 0 Å². The summed E-state index contributed by atoms with van der Waals surface area (Å²) < 4.78 is 81.1. The average Bonchev–Trinajstić information content (AvgIpc) is 0.785. The zero-order valence-corrected chi connectivity index (χ0v) is 83.1. The molecule has 0 bridgehead atoms. The van der Waals surface area contributed by atoms with Crippen molar-refractivity contribution in [3.05, 3.63) is 210 Å². The van der Waals surface area contributed by atoms with E-state index in [1.807, 2.05) is 77.9 Å². The number of halogens is 1. The van der Waals surface area contributed by atoms with Crippen LogP contribution < -0.4 is 29.8 Å². The number of aliphatic hydroxyl groups excluding tert-OH is 5. The van der Waals surface area contributed by atoms with Crippen molar-refractivity contribution in [3.63, 3.8) is 0 Å². The van der Waals surface area contributed by atoms with Gasteiger partial charge in [0.25, 0.3) is 31.0 Å². The fourth-order valence-corrected chi connectivity index (χ4v) is 19.8. The number of aliphatic hydroxyl groups is 5. The number of morpholine rings is 5. The minimum atomic E-state index is -3.88. The molecule has 5 aromatic heterocycles. The molecular weight excluding hydrogens is 1920 g/mol. The van der Waals surface area contributed by atoms with Crippen molar-refractivity contribution in [2.24, 2.45) is 0 Å². The van der Waals surface area contributed by atoms with Gasteiger partial charge in [-0.25, -0.2) is 8.42 Å². The van der Waals surface area contributed by atoms with Crippen LogP contribution in [0.4, 0.5) is 28.4 Å². The Kier molecular flexibility index (Phi) is 34.9. The van der Waals surface area contributed by atoms with E-state index in [1.54, 1.807) is 120 Å². The van der Waals surface area contributed by atoms with Crippen LogP contribution in [0.1, 0.15) is 73.6 Å². The van der Waals surface area contributed by atoms with Gasteiger partial charge in [-0.15, -0.1) is 0 Å². The van der Waals surface area contributed by atoms with E-state index >= 15 is 0 Å². The van der Waals surface area contributed by atoms with Crippen molar-refractivity contribution in [2.45, 2.75) is 144 Å². The molecule has 145 heavy (non-hydrogen) atoms. The average molecular weight is 2030 g/mol. The number of aromatic nitrogens is 10. The molecule has 0 aliphatic carbocycles. The predicted molar refractivity (Wildman–Crippen MR) is 536 cm³/mol. The van der Waals surface area contributed by atoms with Crippen LogP contribution in [-0.2, 0) is 56.6 Å². The van der Waals surface area contributed by atoms with Crippen molar-refractivity contribution in [2.75, 3.05) is 162 Å². The van der Waals surface area contributed by atoms with Crippen LogP contribution in [0.25, 0.3) is 55.2 Å². The highest BCUT2D eigenvalue weighted by atomic mass is 35.7. The van der Waals surface area contributed by atoms with E-state index in [9.17, 15) is 73.2 Å². The normalized spacial score (nSPS) is 21.9. The first kappa shape index (κ1) is 106. The van der Waals surface area contributed by atoms with Gasteiger partial charge in [0.2, 0.25) is 0 Å². The number of β-amino-alcohol motifs (C(OH)–C–C–N with tert-alkyl or cyclic N) is 4. The van der Waals surface area contributed by atoms with E-state index < -0.39 is 49.7 Å². The number of amides is 2. The Balaban J connectivity index is 0.000000131. The zero-order valence-electron chi connectivity index (χ0n) is 80.7. The molecule has 6 N–H and O–H groups in total. The van der Waals surface area contributed by atoms with Gasteiger partial charge in [0, 0.05) is 184 Å². The van der Waals surface area contributed by atoms with Crippen molar-refractivity contribution < 1.29 is 79.8 Å². The van der Waals surface area contributed by atoms with Crippen molar-refractivity contribution in [1.82, 2.24) is 69.9 Å². The fourth-order valence-electron chi connectivity index (χ4n) is 18.1. The van der Waals surface area contributed by atoms with Gasteiger partial charge in [-0.1, -0.05) is 35.4 Å². The summed E-state index contributed by atoms with van der Waals surface area (Å²) in [6.07, 6.45) is 12.8. The minimum Gasteiger partial charge on any atom is -0.394 e. The molecule has 7 aromatic carbocycles. The second kappa shape index (κ2) is 47.9. The topological polar surface area (TPSA) is 545 Å². The summed E-state index contributed by atoms with van der Waals surface area (Å²) in [4.78, 5) is 85.1. The SMILES string of the molecule is CC1CN(c2ccc(C#N)c3nccnc23)CC(C(=O)N2CC(O)C2)O1.CC1CN(c2ccc(C#N)c3nccnc23)CC(C(=O)N2CC(O)C2)O1.CC1CN(c2ccc(C#N)c3nccnc23)CC(CN2CC(O)C2)O1.C[C@@H]1CN(c2ccc(C#N)c3nccnc23)C[C@H](CO)O1.Cc1ccc(S(=O)(=O)Cl)cc1.Cc1ccc(S(=O)(=O)OC[C@H]2CN(c3ccc(C#N)c4nccnc34)C[C@@H](C)O2)cc1.OC1CNC1. The lowest BCUT2D eigenvalue weighted by Crippen LogP contribution is -2.60. The van der Waals surface area contributed by atoms with Crippen LogP contribution in [0.2, 0.25) is 0 Å². The maximum atomic E-state index is 12.6. The lowest BCUT2D eigenvalue weighted by Gasteiger charge is -2.43. The highest BCUT2D eigenvalue weighted by molar-refractivity contribution is 8.13. The molecule has 10 atom stereocenters. The molecule has 2 amide bonds. The van der Waals surface area contributed by atoms with Crippen molar-refractivity contribution in [3.8, 4) is 30.3 Å². The van der Waals surface area contributed by atoms with Crippen LogP contribution in [-0.4, -0.2) is 342 Å². The molecule has 14 heterocycles. The van der Waals surface area contributed by atoms with Gasteiger partial charge in [-0.05, 0) is 133 Å². The Labute approximate surface area is 842 Å². The first-order valence-electron chi connectivity index (χ1n) is 47.3. The van der Waals surface area contributed by atoms with E-state index in [2.05, 4.69) is 122 Å². The molecule has 9 saturated heterocycles. The molecule has 0 radical (unpaired) electrons. The highest BCUT2D eigenvalue weighted by Gasteiger charge is 2.42. The number of ether oxygens (including phenoxy) is 5. The summed E-state index contributed by atoms with van der Waals surface area (Å²) in [6, 6.07) is 41.8. The second-order valence-corrected chi connectivity index (χ2v) is 40.7. The van der Waals surface area contributed by atoms with Crippen molar-refractivity contribution >= 4 is 125 Å². The summed E-state index contributed by atoms with van der Waals surface area (Å²) >= 11 is 0. The molecule has 21 rings (SSSR count). The first-order valence-corrected chi connectivity index (χ1v) is 51.0. The molecule has 12 aromatic rings. The van der Waals surface area contributed by atoms with Gasteiger partial charge in [0.1, 0.15) is 91.6 Å². The third-order valence-corrected chi connectivity index (χ3v) is 27.8. The Morgan fingerprint density at radius 2 is 0.634 bits per heavy atom. The number of likely N-dealkylation sites (tertiary alicyclic amines) is 3. The molecule has 44 heteroatoms. The number of nitriles is 5. The number of hydrogen-bond donors (Lipinski definition) is 6. The van der Waals surface area contributed by atoms with Crippen molar-refractivity contribution in [1.29, 1.82) is 26.3 Å². The van der Waals surface area contributed by atoms with E-state index in [4.69, 9.17) is 43.7 Å². The number of rotatable bonds is 15. The third kappa shape index (κ3) is 26.2. The second-order valence-electron chi connectivity index (χ2n) is 36.6. The number of hydrogen-bond acceptors (Lipinski definition) is 39. The number of nitrogens with one attached hydrogen (secondary N) is 1. The van der Waals surface area contributed by atoms with Crippen LogP contribution in [0.5, 0.6) is 0 Å². The summed E-state index contributed by atoms with van der Waals surface area (Å²) in [5, 5.41) is 95.4. The molecular formula is C101H111ClN24O17S2. The molecule has 41 nitrogen and oxygen atoms in total. The number of carbonyl (C=O) groups excluding carboxylic acids is 2. The van der Waals surface area contributed by atoms with Gasteiger partial charge < -0.3 is 88.8 Å². The molecule has 756 valence electrons. The predicted octanol–water partition coefficient (Wildman–Crippen LogP) is 6.14. The first-order chi connectivity index (χ1) is 69.7. The summed E-state index contributed by atoms with van der Waals surface area (Å²) in [6.45, 7) is 24.6. The Hall–Kier alpha value is -13.7. The monoisotopic (exact) mass is 2030 g/mol. The van der Waals surface area contributed by atoms with E-state index in [1.165, 1.54) is 24.3 Å². The maximum absolute atomic E-state index is 12.6. The fraction of sp³-hybridized carbons (Fsp3) is 0.416. The number of fused-ring (bicyclic) bond motifs is 5. The molecule has 0 spiro atoms. The van der Waals surface area contributed by atoms with Gasteiger partial charge in [-0.3, -0.25) is 68.5 Å². The summed E-state index contributed by atoms with van der Waals surface area (Å²) in [5.41, 5.74) is 15.1. The lowest BCUT2D eigenvalue weighted by molar-refractivity contribution is -0.158. The smallest absolute Gasteiger partial charge is 0.297 e. The van der Waals surface area contributed by atoms with E-state index in [0.29, 0.717) is 156 Å². The number of aryl methyl sites for hydroxylation is 2. The largest absolute Gasteiger partial charge is 0.394 e. The number of anilines is 5. The molecule has 0 saturated carbocycles. The highest BCUT2D eigenvalue weighted by Crippen LogP contribution is 2.37. The van der Waals surface area contributed by atoms with Crippen LogP contribution in [0, 0.1) is 70.5 Å². The summed E-state index contributed by atoms with van der Waals surface area (Å²) in [5.74, 6) is -0.202. The summed E-state index contributed by atoms with van der Waals surface area (Å²) in [7, 11) is -2.34. The Morgan fingerprint density at radius 1 is 0.366 bits per heavy atom. The van der Waals surface area contributed by atoms with E-state index in [0.717, 1.165) is 90.9 Å². The third-order valence-electron chi connectivity index (χ3n) is 25.1. The number of benzene rings is 7. The zero-order chi connectivity index (χ0) is 103. The van der Waals surface area contributed by atoms with Gasteiger partial charge in [-0.2, -0.15) is 34.7 Å². The number of carbonyl (C=O) groups is 2. The standard InChI is InChI=1S/C22H22N4O4S.2C18H19N5O3.C18H21N5O2.C15H16N4O2.C7H7ClO2S.C3H7NO/c1-15-3-6-19(7-4-15)31(27,28)29-14-18-13-26(12-16(2)30-18)20-8-5-17(11-23)21-22(20)25-10-9-24-21;2*1-11-7-22(10-15(26-11)18(25)23-8-13(24)9-23)14-3-2-12(6-19)16-17(14)21-5-4-20-16;1-12-7-23(11-15(25-12)10-22-8-14(24)9-22)16-3-2-13(6-19)17-18(16)21-5-4-20-17;1-10-7-19(8-12(9-20)21-10)13-3-2-11(6-16)14-15(13)18-5-4-17-14;1-6-2-4-7(5-3-6)11(8,9)10;5-3-1-4-2-3/h3-10,16,18H,12-14H2,1-2H3;2*2-5,11,13,15,24H,7-10H2,1H3;2-5,12,14-15,24H,7-11H2,1H3;2-5,10,12,20H,7-9H2,1H3;2-5H,1H3;3-5H,1-2H2/t16-,18-;;;;10-,12-;;/m1...1../s1. The molecule has 9 aliphatic heterocycles. The van der Waals surface area contributed by atoms with Gasteiger partial charge in [0.15, 0.2) is 12.2 Å². The van der Waals surface area contributed by atoms with Crippen LogP contribution in [0.15, 0.2) is 181 Å². The van der Waals surface area contributed by atoms with Gasteiger partial charge in [0.05, 0.1) is 159 Å². The lowest BCUT2D eigenvalue weighted by atomic mass is 10.1. The minimum absolute atomic E-state index is 0.0132. The van der Waals surface area contributed by atoms with Gasteiger partial charge >= 0.3 is 0 Å². The Bertz CT molecular complexity index is 6940. The molecule has 9 fully saturated rings.